The maximum atomic E-state index is 12.2. The molecule has 1 rings (SSSR count). The van der Waals surface area contributed by atoms with Crippen LogP contribution in [0.15, 0.2) is 11.2 Å². The normalized spacial score (nSPS) is 15.4. The van der Waals surface area contributed by atoms with Crippen LogP contribution < -0.4 is 4.72 Å². The van der Waals surface area contributed by atoms with Crippen molar-refractivity contribution in [1.82, 2.24) is 19.2 Å². The SMILES string of the molecule is CCCn1cc(S(=O)(=O)NCC(C)(O)CN(C)C)nc1C. The Morgan fingerprint density at radius 3 is 2.62 bits per heavy atom. The number of aromatic nitrogens is 2. The highest BCUT2D eigenvalue weighted by Gasteiger charge is 2.26. The molecule has 7 nitrogen and oxygen atoms in total. The van der Waals surface area contributed by atoms with Crippen molar-refractivity contribution < 1.29 is 13.5 Å². The van der Waals surface area contributed by atoms with Crippen LogP contribution in [-0.2, 0) is 16.6 Å². The molecule has 1 aromatic heterocycles. The van der Waals surface area contributed by atoms with Gasteiger partial charge in [0, 0.05) is 25.8 Å². The number of aryl methyl sites for hydroxylation is 2. The zero-order valence-electron chi connectivity index (χ0n) is 13.4. The van der Waals surface area contributed by atoms with Crippen LogP contribution in [0.2, 0.25) is 0 Å². The third-order valence-electron chi connectivity index (χ3n) is 2.99. The molecule has 21 heavy (non-hydrogen) atoms. The molecule has 0 aliphatic heterocycles. The Labute approximate surface area is 127 Å². The lowest BCUT2D eigenvalue weighted by Crippen LogP contribution is -2.47. The summed E-state index contributed by atoms with van der Waals surface area (Å²) < 4.78 is 28.7. The number of rotatable bonds is 8. The van der Waals surface area contributed by atoms with Crippen LogP contribution in [0, 0.1) is 6.92 Å². The van der Waals surface area contributed by atoms with Crippen LogP contribution in [0.3, 0.4) is 0 Å². The van der Waals surface area contributed by atoms with Crippen molar-refractivity contribution in [1.29, 1.82) is 0 Å². The molecule has 0 aromatic carbocycles. The van der Waals surface area contributed by atoms with Crippen LogP contribution >= 0.6 is 0 Å². The van der Waals surface area contributed by atoms with Gasteiger partial charge in [0.1, 0.15) is 5.82 Å². The van der Waals surface area contributed by atoms with Crippen molar-refractivity contribution in [3.05, 3.63) is 12.0 Å². The summed E-state index contributed by atoms with van der Waals surface area (Å²) >= 11 is 0. The number of hydrogen-bond donors (Lipinski definition) is 2. The average Bonchev–Trinajstić information content (AvgIpc) is 2.69. The highest BCUT2D eigenvalue weighted by atomic mass is 32.2. The Balaban J connectivity index is 2.80. The number of sulfonamides is 1. The predicted molar refractivity (Wildman–Crippen MR) is 81.6 cm³/mol. The van der Waals surface area contributed by atoms with E-state index >= 15 is 0 Å². The zero-order chi connectivity index (χ0) is 16.3. The van der Waals surface area contributed by atoms with Gasteiger partial charge in [0.15, 0.2) is 5.03 Å². The maximum Gasteiger partial charge on any atom is 0.259 e. The lowest BCUT2D eigenvalue weighted by Gasteiger charge is -2.26. The molecular weight excluding hydrogens is 292 g/mol. The fraction of sp³-hybridized carbons (Fsp3) is 0.769. The molecule has 0 aliphatic rings. The fourth-order valence-electron chi connectivity index (χ4n) is 2.14. The summed E-state index contributed by atoms with van der Waals surface area (Å²) in [6.07, 6.45) is 2.43. The van der Waals surface area contributed by atoms with Gasteiger partial charge in [-0.3, -0.25) is 0 Å². The van der Waals surface area contributed by atoms with Crippen molar-refractivity contribution in [3.63, 3.8) is 0 Å². The lowest BCUT2D eigenvalue weighted by molar-refractivity contribution is 0.0386. The number of aliphatic hydroxyl groups is 1. The van der Waals surface area contributed by atoms with E-state index in [0.29, 0.717) is 12.4 Å². The van der Waals surface area contributed by atoms with E-state index in [2.05, 4.69) is 9.71 Å². The second-order valence-corrected chi connectivity index (χ2v) is 7.59. The van der Waals surface area contributed by atoms with Crippen molar-refractivity contribution >= 4 is 10.0 Å². The summed E-state index contributed by atoms with van der Waals surface area (Å²) in [5.41, 5.74) is -1.14. The minimum absolute atomic E-state index is 0.00546. The lowest BCUT2D eigenvalue weighted by atomic mass is 10.1. The molecule has 0 spiro atoms. The maximum absolute atomic E-state index is 12.2. The Kier molecular flexibility index (Phi) is 5.92. The second-order valence-electron chi connectivity index (χ2n) is 5.88. The van der Waals surface area contributed by atoms with Crippen LogP contribution in [0.1, 0.15) is 26.1 Å². The first kappa shape index (κ1) is 18.1. The van der Waals surface area contributed by atoms with Crippen LogP contribution in [0.5, 0.6) is 0 Å². The van der Waals surface area contributed by atoms with Crippen molar-refractivity contribution in [2.45, 2.75) is 44.4 Å². The molecular formula is C13H26N4O3S. The topological polar surface area (TPSA) is 87.5 Å². The van der Waals surface area contributed by atoms with E-state index in [1.165, 1.54) is 6.20 Å². The minimum atomic E-state index is -3.71. The third kappa shape index (κ3) is 5.39. The Morgan fingerprint density at radius 2 is 2.10 bits per heavy atom. The minimum Gasteiger partial charge on any atom is -0.387 e. The standard InChI is InChI=1S/C13H26N4O3S/c1-6-7-17-8-12(15-11(17)2)21(19,20)14-9-13(3,18)10-16(4)5/h8,14,18H,6-7,9-10H2,1-5H3. The van der Waals surface area contributed by atoms with E-state index in [-0.39, 0.29) is 11.6 Å². The molecule has 0 saturated carbocycles. The summed E-state index contributed by atoms with van der Waals surface area (Å²) in [5, 5.41) is 10.1. The zero-order valence-corrected chi connectivity index (χ0v) is 14.2. The monoisotopic (exact) mass is 318 g/mol. The van der Waals surface area contributed by atoms with Crippen LogP contribution in [-0.4, -0.2) is 60.8 Å². The molecule has 1 unspecified atom stereocenters. The van der Waals surface area contributed by atoms with Crippen molar-refractivity contribution in [3.8, 4) is 0 Å². The smallest absolute Gasteiger partial charge is 0.259 e. The summed E-state index contributed by atoms with van der Waals surface area (Å²) in [5.74, 6) is 0.664. The molecule has 122 valence electrons. The van der Waals surface area contributed by atoms with Crippen LogP contribution in [0.25, 0.3) is 0 Å². The average molecular weight is 318 g/mol. The highest BCUT2D eigenvalue weighted by Crippen LogP contribution is 2.11. The number of hydrogen-bond acceptors (Lipinski definition) is 5. The molecule has 1 heterocycles. The predicted octanol–water partition coefficient (Wildman–Crippen LogP) is 0.192. The Hall–Kier alpha value is -0.960. The molecule has 0 bridgehead atoms. The van der Waals surface area contributed by atoms with E-state index in [4.69, 9.17) is 0 Å². The Morgan fingerprint density at radius 1 is 1.48 bits per heavy atom. The largest absolute Gasteiger partial charge is 0.387 e. The molecule has 0 amide bonds. The van der Waals surface area contributed by atoms with Gasteiger partial charge in [0.2, 0.25) is 0 Å². The van der Waals surface area contributed by atoms with Crippen molar-refractivity contribution in [2.75, 3.05) is 27.2 Å². The van der Waals surface area contributed by atoms with Gasteiger partial charge in [-0.25, -0.2) is 18.1 Å². The van der Waals surface area contributed by atoms with E-state index in [0.717, 1.165) is 13.0 Å². The van der Waals surface area contributed by atoms with Gasteiger partial charge in [-0.2, -0.15) is 0 Å². The van der Waals surface area contributed by atoms with Gasteiger partial charge < -0.3 is 14.6 Å². The number of imidazole rings is 1. The molecule has 8 heteroatoms. The Bertz CT molecular complexity index is 564. The van der Waals surface area contributed by atoms with E-state index in [9.17, 15) is 13.5 Å². The quantitative estimate of drug-likeness (QED) is 0.714. The fourth-order valence-corrected chi connectivity index (χ4v) is 3.30. The summed E-state index contributed by atoms with van der Waals surface area (Å²) in [7, 11) is -0.0733. The number of nitrogens with zero attached hydrogens (tertiary/aromatic N) is 3. The van der Waals surface area contributed by atoms with E-state index in [1.807, 2.05) is 25.6 Å². The molecule has 0 aliphatic carbocycles. The number of nitrogens with one attached hydrogen (secondary N) is 1. The highest BCUT2D eigenvalue weighted by molar-refractivity contribution is 7.89. The summed E-state index contributed by atoms with van der Waals surface area (Å²) in [6, 6.07) is 0. The van der Waals surface area contributed by atoms with Gasteiger partial charge in [0.05, 0.1) is 5.60 Å². The first-order chi connectivity index (χ1) is 9.57. The van der Waals surface area contributed by atoms with Crippen molar-refractivity contribution in [2.24, 2.45) is 0 Å². The third-order valence-corrected chi connectivity index (χ3v) is 4.27. The molecule has 0 saturated heterocycles. The van der Waals surface area contributed by atoms with Gasteiger partial charge in [-0.15, -0.1) is 0 Å². The summed E-state index contributed by atoms with van der Waals surface area (Å²) in [4.78, 5) is 5.88. The second kappa shape index (κ2) is 6.87. The summed E-state index contributed by atoms with van der Waals surface area (Å²) in [6.45, 7) is 6.41. The van der Waals surface area contributed by atoms with Gasteiger partial charge in [0.25, 0.3) is 10.0 Å². The van der Waals surface area contributed by atoms with Gasteiger partial charge in [-0.1, -0.05) is 6.92 Å². The van der Waals surface area contributed by atoms with Gasteiger partial charge in [-0.05, 0) is 34.4 Å². The molecule has 1 atom stereocenters. The molecule has 0 fully saturated rings. The van der Waals surface area contributed by atoms with E-state index < -0.39 is 15.6 Å². The molecule has 0 radical (unpaired) electrons. The van der Waals surface area contributed by atoms with Gasteiger partial charge >= 0.3 is 0 Å². The molecule has 1 aromatic rings. The molecule has 2 N–H and O–H groups in total. The first-order valence-corrected chi connectivity index (χ1v) is 8.46. The van der Waals surface area contributed by atoms with Crippen LogP contribution in [0.4, 0.5) is 0 Å². The number of likely N-dealkylation sites (N-methyl/N-ethyl adjacent to an activating group) is 1. The first-order valence-electron chi connectivity index (χ1n) is 6.98. The van der Waals surface area contributed by atoms with E-state index in [1.54, 1.807) is 18.7 Å².